The fourth-order valence-electron chi connectivity index (χ4n) is 4.82. The van der Waals surface area contributed by atoms with Crippen molar-refractivity contribution in [3.63, 3.8) is 0 Å². The van der Waals surface area contributed by atoms with Crippen molar-refractivity contribution in [1.82, 2.24) is 0 Å². The summed E-state index contributed by atoms with van der Waals surface area (Å²) < 4.78 is 15.8. The molecule has 0 saturated carbocycles. The number of hydrogen-bond donors (Lipinski definition) is 0. The van der Waals surface area contributed by atoms with E-state index in [0.717, 1.165) is 41.5 Å². The van der Waals surface area contributed by atoms with E-state index in [4.69, 9.17) is 0 Å². The normalized spacial score (nSPS) is 10.7. The van der Waals surface area contributed by atoms with Crippen LogP contribution in [0.25, 0.3) is 22.3 Å². The molecule has 4 aromatic rings. The highest BCUT2D eigenvalue weighted by Gasteiger charge is 2.14. The molecule has 1 heteroatoms. The lowest BCUT2D eigenvalue weighted by atomic mass is 9.94. The molecule has 0 aromatic heterocycles. The fraction of sp³-hybridized carbons (Fsp3) is 0.297. The maximum Gasteiger partial charge on any atom is 0.135 e. The van der Waals surface area contributed by atoms with E-state index in [1.54, 1.807) is 0 Å². The predicted octanol–water partition coefficient (Wildman–Crippen LogP) is 10.2. The van der Waals surface area contributed by atoms with Crippen LogP contribution in [0.15, 0.2) is 84.9 Å². The maximum absolute atomic E-state index is 15.8. The van der Waals surface area contributed by atoms with Crippen LogP contribution in [0, 0.1) is 17.7 Å². The van der Waals surface area contributed by atoms with Gasteiger partial charge in [-0.15, -0.1) is 0 Å². The van der Waals surface area contributed by atoms with Crippen LogP contribution < -0.4 is 0 Å². The van der Waals surface area contributed by atoms with Gasteiger partial charge in [0.2, 0.25) is 0 Å². The van der Waals surface area contributed by atoms with E-state index >= 15 is 4.39 Å². The minimum Gasteiger partial charge on any atom is -0.206 e. The van der Waals surface area contributed by atoms with Crippen molar-refractivity contribution < 1.29 is 4.39 Å². The Labute approximate surface area is 229 Å². The van der Waals surface area contributed by atoms with Gasteiger partial charge in [-0.1, -0.05) is 119 Å². The summed E-state index contributed by atoms with van der Waals surface area (Å²) in [7, 11) is 0. The lowest BCUT2D eigenvalue weighted by Gasteiger charge is -2.12. The lowest BCUT2D eigenvalue weighted by Crippen LogP contribution is -1.98. The molecular formula is C37H39F. The predicted molar refractivity (Wildman–Crippen MR) is 161 cm³/mol. The summed E-state index contributed by atoms with van der Waals surface area (Å²) in [5.74, 6) is 6.36. The lowest BCUT2D eigenvalue weighted by molar-refractivity contribution is 0.610. The van der Waals surface area contributed by atoms with Gasteiger partial charge >= 0.3 is 0 Å². The van der Waals surface area contributed by atoms with Crippen molar-refractivity contribution in [2.45, 2.75) is 72.1 Å². The average molecular weight is 503 g/mol. The fourth-order valence-corrected chi connectivity index (χ4v) is 4.82. The molecule has 38 heavy (non-hydrogen) atoms. The molecule has 4 rings (SSSR count). The smallest absolute Gasteiger partial charge is 0.135 e. The highest BCUT2D eigenvalue weighted by Crippen LogP contribution is 2.30. The van der Waals surface area contributed by atoms with Gasteiger partial charge in [-0.2, -0.15) is 0 Å². The second kappa shape index (κ2) is 13.8. The number of hydrogen-bond acceptors (Lipinski definition) is 0. The SMILES string of the molecule is CCCCc1ccc(C#Cc2ccc(-c3ccc(-c4ccc(CCCC)cc4)cc3)c(F)c2CCC)cc1. The summed E-state index contributed by atoms with van der Waals surface area (Å²) in [5, 5.41) is 0. The Morgan fingerprint density at radius 2 is 1.05 bits per heavy atom. The summed E-state index contributed by atoms with van der Waals surface area (Å²) in [6.07, 6.45) is 8.59. The Bertz CT molecular complexity index is 1360. The first-order chi connectivity index (χ1) is 18.6. The van der Waals surface area contributed by atoms with Crippen LogP contribution in [0.1, 0.15) is 80.7 Å². The minimum absolute atomic E-state index is 0.151. The van der Waals surface area contributed by atoms with Gasteiger partial charge in [0, 0.05) is 22.3 Å². The van der Waals surface area contributed by atoms with Gasteiger partial charge in [-0.25, -0.2) is 4.39 Å². The molecule has 0 amide bonds. The maximum atomic E-state index is 15.8. The number of halogens is 1. The van der Waals surface area contributed by atoms with E-state index in [1.165, 1.54) is 42.4 Å². The van der Waals surface area contributed by atoms with Crippen molar-refractivity contribution in [1.29, 1.82) is 0 Å². The monoisotopic (exact) mass is 502 g/mol. The second-order valence-electron chi connectivity index (χ2n) is 10.1. The Hall–Kier alpha value is -3.63. The van der Waals surface area contributed by atoms with E-state index < -0.39 is 0 Å². The molecule has 0 atom stereocenters. The van der Waals surface area contributed by atoms with Gasteiger partial charge in [-0.3, -0.25) is 0 Å². The van der Waals surface area contributed by atoms with Gasteiger partial charge in [0.05, 0.1) is 0 Å². The Kier molecular flexibility index (Phi) is 9.94. The summed E-state index contributed by atoms with van der Waals surface area (Å²) in [5.41, 5.74) is 9.05. The molecule has 0 heterocycles. The standard InChI is InChI=1S/C37H39F/c1-4-7-10-28-12-14-30(15-13-28)18-21-33-26-27-36(37(38)35(33)9-6-3)34-24-22-32(23-25-34)31-19-16-29(17-20-31)11-8-5-2/h12-17,19-20,22-27H,4-11H2,1-3H3. The quantitative estimate of drug-likeness (QED) is 0.189. The van der Waals surface area contributed by atoms with E-state index in [1.807, 2.05) is 24.3 Å². The number of aryl methyl sites for hydroxylation is 2. The molecule has 0 spiro atoms. The zero-order valence-corrected chi connectivity index (χ0v) is 23.1. The number of benzene rings is 4. The summed E-state index contributed by atoms with van der Waals surface area (Å²) in [6.45, 7) is 6.51. The summed E-state index contributed by atoms with van der Waals surface area (Å²) in [6, 6.07) is 29.4. The van der Waals surface area contributed by atoms with Crippen LogP contribution in [0.2, 0.25) is 0 Å². The third-order valence-corrected chi connectivity index (χ3v) is 7.16. The Balaban J connectivity index is 1.55. The van der Waals surface area contributed by atoms with Crippen LogP contribution >= 0.6 is 0 Å². The molecule has 0 N–H and O–H groups in total. The Morgan fingerprint density at radius 3 is 1.61 bits per heavy atom. The summed E-state index contributed by atoms with van der Waals surface area (Å²) in [4.78, 5) is 0. The first-order valence-electron chi connectivity index (χ1n) is 14.2. The third-order valence-electron chi connectivity index (χ3n) is 7.16. The number of rotatable bonds is 10. The molecule has 0 radical (unpaired) electrons. The first-order valence-corrected chi connectivity index (χ1v) is 14.2. The molecule has 0 fully saturated rings. The van der Waals surface area contributed by atoms with E-state index in [0.29, 0.717) is 17.5 Å². The highest BCUT2D eigenvalue weighted by molar-refractivity contribution is 5.72. The van der Waals surface area contributed by atoms with Crippen molar-refractivity contribution in [3.05, 3.63) is 119 Å². The highest BCUT2D eigenvalue weighted by atomic mass is 19.1. The molecule has 0 saturated heterocycles. The van der Waals surface area contributed by atoms with Crippen molar-refractivity contribution >= 4 is 0 Å². The molecule has 0 aliphatic heterocycles. The molecule has 0 unspecified atom stereocenters. The topological polar surface area (TPSA) is 0 Å². The van der Waals surface area contributed by atoms with E-state index in [9.17, 15) is 0 Å². The average Bonchev–Trinajstić information content (AvgIpc) is 2.96. The summed E-state index contributed by atoms with van der Waals surface area (Å²) >= 11 is 0. The Morgan fingerprint density at radius 1 is 0.526 bits per heavy atom. The third kappa shape index (κ3) is 7.02. The van der Waals surface area contributed by atoms with Crippen LogP contribution in [0.3, 0.4) is 0 Å². The van der Waals surface area contributed by atoms with E-state index in [-0.39, 0.29) is 5.82 Å². The minimum atomic E-state index is -0.151. The van der Waals surface area contributed by atoms with Crippen LogP contribution in [0.4, 0.5) is 4.39 Å². The molecule has 0 aliphatic rings. The molecule has 0 bridgehead atoms. The molecule has 0 aliphatic carbocycles. The van der Waals surface area contributed by atoms with Crippen LogP contribution in [-0.4, -0.2) is 0 Å². The van der Waals surface area contributed by atoms with Crippen LogP contribution in [0.5, 0.6) is 0 Å². The zero-order valence-electron chi connectivity index (χ0n) is 23.1. The number of unbranched alkanes of at least 4 members (excludes halogenated alkanes) is 2. The van der Waals surface area contributed by atoms with Gasteiger partial charge in [0.15, 0.2) is 0 Å². The van der Waals surface area contributed by atoms with Gasteiger partial charge < -0.3 is 0 Å². The molecule has 0 nitrogen and oxygen atoms in total. The van der Waals surface area contributed by atoms with Crippen molar-refractivity contribution in [2.24, 2.45) is 0 Å². The largest absolute Gasteiger partial charge is 0.206 e. The molecule has 4 aromatic carbocycles. The van der Waals surface area contributed by atoms with Crippen molar-refractivity contribution in [3.8, 4) is 34.1 Å². The molecule has 194 valence electrons. The van der Waals surface area contributed by atoms with Gasteiger partial charge in [-0.05, 0) is 78.1 Å². The van der Waals surface area contributed by atoms with Gasteiger partial charge in [0.25, 0.3) is 0 Å². The van der Waals surface area contributed by atoms with Crippen LogP contribution in [-0.2, 0) is 19.3 Å². The zero-order chi connectivity index (χ0) is 26.7. The second-order valence-corrected chi connectivity index (χ2v) is 10.1. The van der Waals surface area contributed by atoms with Gasteiger partial charge in [0.1, 0.15) is 5.82 Å². The molecular weight excluding hydrogens is 463 g/mol. The first kappa shape index (κ1) is 27.4. The van der Waals surface area contributed by atoms with E-state index in [2.05, 4.69) is 93.3 Å². The van der Waals surface area contributed by atoms with Crippen molar-refractivity contribution in [2.75, 3.05) is 0 Å².